The van der Waals surface area contributed by atoms with Crippen LogP contribution in [0.4, 0.5) is 13.2 Å². The van der Waals surface area contributed by atoms with Crippen LogP contribution in [0.2, 0.25) is 0 Å². The number of alkyl halides is 3. The molecule has 4 nitrogen and oxygen atoms in total. The molecule has 1 aromatic heterocycles. The second-order valence-corrected chi connectivity index (χ2v) is 6.11. The maximum absolute atomic E-state index is 12.4. The van der Waals surface area contributed by atoms with Gasteiger partial charge in [0.2, 0.25) is 0 Å². The monoisotopic (exact) mass is 340 g/mol. The third-order valence-corrected chi connectivity index (χ3v) is 4.83. The number of halogens is 3. The van der Waals surface area contributed by atoms with E-state index in [-0.39, 0.29) is 12.1 Å². The molecule has 1 unspecified atom stereocenters. The van der Waals surface area contributed by atoms with Crippen molar-refractivity contribution < 1.29 is 23.2 Å². The van der Waals surface area contributed by atoms with Crippen LogP contribution >= 0.6 is 11.3 Å². The van der Waals surface area contributed by atoms with Crippen molar-refractivity contribution in [1.29, 1.82) is 0 Å². The smallest absolute Gasteiger partial charge is 0.411 e. The lowest BCUT2D eigenvalue weighted by molar-refractivity contribution is -0.174. The van der Waals surface area contributed by atoms with E-state index < -0.39 is 18.1 Å². The molecule has 1 aromatic carbocycles. The van der Waals surface area contributed by atoms with Gasteiger partial charge in [-0.05, 0) is 11.6 Å². The largest absolute Gasteiger partial charge is 0.471 e. The Bertz CT molecular complexity index is 769. The van der Waals surface area contributed by atoms with Crippen LogP contribution in [0, 0.1) is 0 Å². The molecule has 2 N–H and O–H groups in total. The zero-order valence-electron chi connectivity index (χ0n) is 11.6. The van der Waals surface area contributed by atoms with E-state index in [0.717, 1.165) is 10.4 Å². The average molecular weight is 340 g/mol. The first-order valence-electron chi connectivity index (χ1n) is 6.68. The third kappa shape index (κ3) is 2.94. The van der Waals surface area contributed by atoms with Crippen LogP contribution in [0.5, 0.6) is 0 Å². The Morgan fingerprint density at radius 2 is 2.00 bits per heavy atom. The summed E-state index contributed by atoms with van der Waals surface area (Å²) in [6.45, 7) is 0. The summed E-state index contributed by atoms with van der Waals surface area (Å²) in [5, 5.41) is 14.2. The van der Waals surface area contributed by atoms with Gasteiger partial charge in [0.25, 0.3) is 0 Å². The standard InChI is InChI=1S/C15H11F3N2O2S/c16-15(17,18)14(21)19-11-7-10(20-22)9-6-12(23-13(9)11)8-4-2-1-3-5-8/h1-6,11,22H,7H2,(H,19,21). The van der Waals surface area contributed by atoms with E-state index in [1.807, 2.05) is 35.6 Å². The maximum Gasteiger partial charge on any atom is 0.471 e. The molecule has 0 fully saturated rings. The zero-order chi connectivity index (χ0) is 16.6. The molecule has 1 aliphatic carbocycles. The lowest BCUT2D eigenvalue weighted by atomic mass is 10.1. The number of oxime groups is 1. The quantitative estimate of drug-likeness (QED) is 0.647. The van der Waals surface area contributed by atoms with E-state index in [4.69, 9.17) is 5.21 Å². The molecule has 1 amide bonds. The summed E-state index contributed by atoms with van der Waals surface area (Å²) in [5.74, 6) is -2.00. The number of nitrogens with zero attached hydrogens (tertiary/aromatic N) is 1. The van der Waals surface area contributed by atoms with Crippen molar-refractivity contribution in [2.24, 2.45) is 5.16 Å². The first-order valence-corrected chi connectivity index (χ1v) is 7.50. The number of thiophene rings is 1. The Morgan fingerprint density at radius 1 is 1.30 bits per heavy atom. The summed E-state index contributed by atoms with van der Waals surface area (Å²) in [7, 11) is 0. The van der Waals surface area contributed by atoms with Crippen molar-refractivity contribution >= 4 is 23.0 Å². The Hall–Kier alpha value is -2.35. The number of amides is 1. The van der Waals surface area contributed by atoms with E-state index >= 15 is 0 Å². The van der Waals surface area contributed by atoms with Crippen molar-refractivity contribution in [3.05, 3.63) is 46.8 Å². The highest BCUT2D eigenvalue weighted by Crippen LogP contribution is 2.42. The van der Waals surface area contributed by atoms with Gasteiger partial charge in [0.1, 0.15) is 0 Å². The molecular formula is C15H11F3N2O2S. The molecule has 0 radical (unpaired) electrons. The molecule has 1 atom stereocenters. The SMILES string of the molecule is O=C(NC1CC(=NO)c2cc(-c3ccccc3)sc21)C(F)(F)F. The minimum Gasteiger partial charge on any atom is -0.411 e. The molecule has 0 spiro atoms. The van der Waals surface area contributed by atoms with Gasteiger partial charge in [-0.25, -0.2) is 0 Å². The molecule has 3 rings (SSSR count). The number of hydrogen-bond donors (Lipinski definition) is 2. The molecule has 8 heteroatoms. The van der Waals surface area contributed by atoms with Crippen molar-refractivity contribution in [2.45, 2.75) is 18.6 Å². The van der Waals surface area contributed by atoms with E-state index in [1.165, 1.54) is 11.3 Å². The predicted octanol–water partition coefficient (Wildman–Crippen LogP) is 3.72. The lowest BCUT2D eigenvalue weighted by Crippen LogP contribution is -2.38. The van der Waals surface area contributed by atoms with Crippen molar-refractivity contribution in [3.63, 3.8) is 0 Å². The molecule has 1 aliphatic rings. The summed E-state index contributed by atoms with van der Waals surface area (Å²) in [4.78, 5) is 12.6. The molecular weight excluding hydrogens is 329 g/mol. The van der Waals surface area contributed by atoms with E-state index in [0.29, 0.717) is 10.4 Å². The molecule has 0 bridgehead atoms. The fraction of sp³-hybridized carbons (Fsp3) is 0.200. The van der Waals surface area contributed by atoms with Crippen LogP contribution in [0.1, 0.15) is 22.9 Å². The van der Waals surface area contributed by atoms with Gasteiger partial charge in [-0.3, -0.25) is 4.79 Å². The number of benzene rings is 1. The fourth-order valence-corrected chi connectivity index (χ4v) is 3.72. The number of carbonyl (C=O) groups is 1. The van der Waals surface area contributed by atoms with Crippen molar-refractivity contribution in [1.82, 2.24) is 5.32 Å². The molecule has 23 heavy (non-hydrogen) atoms. The summed E-state index contributed by atoms with van der Waals surface area (Å²) < 4.78 is 37.3. The van der Waals surface area contributed by atoms with Gasteiger partial charge in [0, 0.05) is 21.7 Å². The first-order chi connectivity index (χ1) is 10.9. The van der Waals surface area contributed by atoms with Gasteiger partial charge >= 0.3 is 12.1 Å². The van der Waals surface area contributed by atoms with E-state index in [1.54, 1.807) is 6.07 Å². The minimum atomic E-state index is -4.95. The fourth-order valence-electron chi connectivity index (χ4n) is 2.48. The van der Waals surface area contributed by atoms with Gasteiger partial charge in [-0.2, -0.15) is 13.2 Å². The Balaban J connectivity index is 1.94. The summed E-state index contributed by atoms with van der Waals surface area (Å²) in [6.07, 6.45) is -4.91. The molecule has 0 saturated heterocycles. The Morgan fingerprint density at radius 3 is 2.61 bits per heavy atom. The Kier molecular flexibility index (Phi) is 3.85. The van der Waals surface area contributed by atoms with Crippen LogP contribution in [-0.4, -0.2) is 23.0 Å². The number of nitrogens with one attached hydrogen (secondary N) is 1. The van der Waals surface area contributed by atoms with E-state index in [2.05, 4.69) is 5.16 Å². The van der Waals surface area contributed by atoms with Gasteiger partial charge in [0.15, 0.2) is 0 Å². The van der Waals surface area contributed by atoms with Gasteiger partial charge in [-0.15, -0.1) is 11.3 Å². The molecule has 0 aliphatic heterocycles. The van der Waals surface area contributed by atoms with Gasteiger partial charge in [0.05, 0.1) is 11.8 Å². The third-order valence-electron chi connectivity index (χ3n) is 3.53. The predicted molar refractivity (Wildman–Crippen MR) is 79.6 cm³/mol. The highest BCUT2D eigenvalue weighted by atomic mass is 32.1. The van der Waals surface area contributed by atoms with Gasteiger partial charge < -0.3 is 10.5 Å². The number of hydrogen-bond acceptors (Lipinski definition) is 4. The summed E-state index contributed by atoms with van der Waals surface area (Å²) in [6, 6.07) is 10.2. The van der Waals surface area contributed by atoms with Crippen molar-refractivity contribution in [3.8, 4) is 10.4 Å². The first kappa shape index (κ1) is 15.5. The lowest BCUT2D eigenvalue weighted by Gasteiger charge is -2.13. The zero-order valence-corrected chi connectivity index (χ0v) is 12.4. The van der Waals surface area contributed by atoms with Crippen LogP contribution in [0.3, 0.4) is 0 Å². The topological polar surface area (TPSA) is 61.7 Å². The second kappa shape index (κ2) is 5.69. The minimum absolute atomic E-state index is 0.0363. The van der Waals surface area contributed by atoms with Crippen LogP contribution < -0.4 is 5.32 Å². The summed E-state index contributed by atoms with van der Waals surface area (Å²) >= 11 is 1.28. The number of fused-ring (bicyclic) bond motifs is 1. The molecule has 2 aromatic rings. The van der Waals surface area contributed by atoms with Gasteiger partial charge in [-0.1, -0.05) is 35.5 Å². The second-order valence-electron chi connectivity index (χ2n) is 5.03. The Labute approximate surface area is 133 Å². The van der Waals surface area contributed by atoms with Crippen molar-refractivity contribution in [2.75, 3.05) is 0 Å². The maximum atomic E-state index is 12.4. The van der Waals surface area contributed by atoms with Crippen LogP contribution in [0.25, 0.3) is 10.4 Å². The number of carbonyl (C=O) groups excluding carboxylic acids is 1. The average Bonchev–Trinajstić information content (AvgIpc) is 3.07. The highest BCUT2D eigenvalue weighted by molar-refractivity contribution is 7.16. The molecule has 0 saturated carbocycles. The highest BCUT2D eigenvalue weighted by Gasteiger charge is 2.42. The number of rotatable bonds is 2. The molecule has 120 valence electrons. The van der Waals surface area contributed by atoms with Crippen LogP contribution in [0.15, 0.2) is 41.6 Å². The molecule has 1 heterocycles. The van der Waals surface area contributed by atoms with E-state index in [9.17, 15) is 18.0 Å². The van der Waals surface area contributed by atoms with Crippen LogP contribution in [-0.2, 0) is 4.79 Å². The normalized spacial score (nSPS) is 18.9. The summed E-state index contributed by atoms with van der Waals surface area (Å²) in [5.41, 5.74) is 1.75.